The first-order valence-corrected chi connectivity index (χ1v) is 9.22. The summed E-state index contributed by atoms with van der Waals surface area (Å²) in [5, 5.41) is 5.76. The molecule has 6 nitrogen and oxygen atoms in total. The smallest absolute Gasteiger partial charge is 0.336 e. The van der Waals surface area contributed by atoms with E-state index in [1.165, 1.54) is 25.6 Å². The fourth-order valence-corrected chi connectivity index (χ4v) is 4.03. The quantitative estimate of drug-likeness (QED) is 0.814. The Labute approximate surface area is 161 Å². The average molecular weight is 384 g/mol. The van der Waals surface area contributed by atoms with Gasteiger partial charge in [0.2, 0.25) is 0 Å². The van der Waals surface area contributed by atoms with Crippen molar-refractivity contribution in [3.63, 3.8) is 0 Å². The van der Waals surface area contributed by atoms with Gasteiger partial charge in [-0.2, -0.15) is 0 Å². The number of carbonyl (C=O) groups excluding carboxylic acids is 2. The van der Waals surface area contributed by atoms with E-state index in [1.54, 1.807) is 13.8 Å². The van der Waals surface area contributed by atoms with Gasteiger partial charge in [0.1, 0.15) is 5.01 Å². The zero-order valence-corrected chi connectivity index (χ0v) is 16.3. The molecule has 1 aliphatic rings. The Morgan fingerprint density at radius 2 is 1.56 bits per heavy atom. The lowest BCUT2D eigenvalue weighted by Crippen LogP contribution is -2.32. The van der Waals surface area contributed by atoms with Crippen LogP contribution in [-0.4, -0.2) is 31.1 Å². The van der Waals surface area contributed by atoms with Gasteiger partial charge in [0.25, 0.3) is 0 Å². The first-order chi connectivity index (χ1) is 13.0. The zero-order chi connectivity index (χ0) is 19.6. The van der Waals surface area contributed by atoms with E-state index in [-0.39, 0.29) is 0 Å². The molecule has 0 amide bonds. The van der Waals surface area contributed by atoms with Crippen molar-refractivity contribution in [1.82, 2.24) is 10.3 Å². The van der Waals surface area contributed by atoms with Crippen molar-refractivity contribution in [2.24, 2.45) is 0 Å². The molecule has 0 saturated heterocycles. The highest BCUT2D eigenvalue weighted by Gasteiger charge is 2.38. The molecular formula is C20H20N2O4S. The van der Waals surface area contributed by atoms with Crippen molar-refractivity contribution in [1.29, 1.82) is 0 Å². The number of rotatable bonds is 4. The number of hydrogen-bond donors (Lipinski definition) is 1. The molecule has 0 aliphatic carbocycles. The summed E-state index contributed by atoms with van der Waals surface area (Å²) in [7, 11) is 2.64. The lowest BCUT2D eigenvalue weighted by Gasteiger charge is -2.28. The van der Waals surface area contributed by atoms with Crippen molar-refractivity contribution in [2.75, 3.05) is 14.2 Å². The second-order valence-electron chi connectivity index (χ2n) is 6.06. The molecule has 7 heteroatoms. The second kappa shape index (κ2) is 7.75. The van der Waals surface area contributed by atoms with Crippen LogP contribution in [0.3, 0.4) is 0 Å². The molecule has 1 N–H and O–H groups in total. The van der Waals surface area contributed by atoms with E-state index >= 15 is 0 Å². The van der Waals surface area contributed by atoms with Gasteiger partial charge in [-0.25, -0.2) is 14.6 Å². The fraction of sp³-hybridized carbons (Fsp3) is 0.250. The number of nitrogens with zero attached hydrogens (tertiary/aromatic N) is 1. The molecule has 0 fully saturated rings. The molecule has 27 heavy (non-hydrogen) atoms. The Kier molecular flexibility index (Phi) is 5.41. The standard InChI is InChI=1S/C20H20N2O4S/c1-11-15(19(23)25-3)17(16(12(2)21-11)20(24)26-4)14-10-27-18(22-14)13-8-6-5-7-9-13/h5-10,17,21H,1-4H3. The lowest BCUT2D eigenvalue weighted by atomic mass is 9.83. The molecule has 0 radical (unpaired) electrons. The lowest BCUT2D eigenvalue weighted by molar-refractivity contribution is -0.137. The number of esters is 2. The Hall–Kier alpha value is -2.93. The number of aromatic nitrogens is 1. The van der Waals surface area contributed by atoms with Gasteiger partial charge in [0.05, 0.1) is 37.0 Å². The van der Waals surface area contributed by atoms with E-state index in [0.29, 0.717) is 28.2 Å². The predicted octanol–water partition coefficient (Wildman–Crippen LogP) is 3.39. The highest BCUT2D eigenvalue weighted by molar-refractivity contribution is 7.13. The van der Waals surface area contributed by atoms with Gasteiger partial charge in [-0.1, -0.05) is 30.3 Å². The Morgan fingerprint density at radius 3 is 2.07 bits per heavy atom. The van der Waals surface area contributed by atoms with Crippen LogP contribution < -0.4 is 5.32 Å². The number of methoxy groups -OCH3 is 2. The molecule has 0 bridgehead atoms. The summed E-state index contributed by atoms with van der Waals surface area (Å²) >= 11 is 1.46. The Morgan fingerprint density at radius 1 is 1.00 bits per heavy atom. The van der Waals surface area contributed by atoms with Crippen molar-refractivity contribution in [2.45, 2.75) is 19.8 Å². The van der Waals surface area contributed by atoms with Gasteiger partial charge in [-0.15, -0.1) is 11.3 Å². The zero-order valence-electron chi connectivity index (χ0n) is 15.5. The fourth-order valence-electron chi connectivity index (χ4n) is 3.18. The van der Waals surface area contributed by atoms with E-state index in [9.17, 15) is 9.59 Å². The van der Waals surface area contributed by atoms with Crippen LogP contribution in [0, 0.1) is 0 Å². The summed E-state index contributed by atoms with van der Waals surface area (Å²) in [6.45, 7) is 3.56. The monoisotopic (exact) mass is 384 g/mol. The topological polar surface area (TPSA) is 77.5 Å². The van der Waals surface area contributed by atoms with Crippen LogP contribution >= 0.6 is 11.3 Å². The molecule has 1 aromatic carbocycles. The van der Waals surface area contributed by atoms with Crippen molar-refractivity contribution < 1.29 is 19.1 Å². The summed E-state index contributed by atoms with van der Waals surface area (Å²) in [5.41, 5.74) is 3.56. The van der Waals surface area contributed by atoms with Crippen LogP contribution in [0.5, 0.6) is 0 Å². The van der Waals surface area contributed by atoms with Crippen LogP contribution in [-0.2, 0) is 19.1 Å². The average Bonchev–Trinajstić information content (AvgIpc) is 3.17. The van der Waals surface area contributed by atoms with E-state index in [1.807, 2.05) is 35.7 Å². The number of hydrogen-bond acceptors (Lipinski definition) is 7. The van der Waals surface area contributed by atoms with Gasteiger partial charge in [-0.05, 0) is 13.8 Å². The van der Waals surface area contributed by atoms with E-state index in [2.05, 4.69) is 5.32 Å². The number of allylic oxidation sites excluding steroid dienone is 2. The molecule has 3 rings (SSSR count). The third-order valence-corrected chi connectivity index (χ3v) is 5.32. The third-order valence-electron chi connectivity index (χ3n) is 4.41. The Balaban J connectivity index is 2.14. The number of nitrogens with one attached hydrogen (secondary N) is 1. The van der Waals surface area contributed by atoms with Crippen LogP contribution in [0.2, 0.25) is 0 Å². The molecule has 0 saturated carbocycles. The maximum Gasteiger partial charge on any atom is 0.336 e. The summed E-state index contributed by atoms with van der Waals surface area (Å²) < 4.78 is 9.93. The highest BCUT2D eigenvalue weighted by atomic mass is 32.1. The van der Waals surface area contributed by atoms with Gasteiger partial charge < -0.3 is 14.8 Å². The molecule has 0 unspecified atom stereocenters. The summed E-state index contributed by atoms with van der Waals surface area (Å²) in [6.07, 6.45) is 0. The van der Waals surface area contributed by atoms with E-state index < -0.39 is 17.9 Å². The predicted molar refractivity (Wildman–Crippen MR) is 103 cm³/mol. The third kappa shape index (κ3) is 3.50. The Bertz CT molecular complexity index is 906. The number of ether oxygens (including phenoxy) is 2. The molecule has 1 aromatic heterocycles. The van der Waals surface area contributed by atoms with Crippen LogP contribution in [0.4, 0.5) is 0 Å². The maximum absolute atomic E-state index is 12.5. The summed E-state index contributed by atoms with van der Waals surface area (Å²) in [5.74, 6) is -1.67. The molecule has 0 atom stereocenters. The van der Waals surface area contributed by atoms with Crippen LogP contribution in [0.15, 0.2) is 58.3 Å². The molecule has 1 aliphatic heterocycles. The second-order valence-corrected chi connectivity index (χ2v) is 6.92. The molecular weight excluding hydrogens is 364 g/mol. The number of dihydropyridines is 1. The highest BCUT2D eigenvalue weighted by Crippen LogP contribution is 2.40. The SMILES string of the molecule is COC(=O)C1=C(C)NC(C)=C(C(=O)OC)C1c1csc(-c2ccccc2)n1. The minimum atomic E-state index is -0.653. The van der Waals surface area contributed by atoms with Crippen LogP contribution in [0.1, 0.15) is 25.5 Å². The first-order valence-electron chi connectivity index (χ1n) is 8.34. The molecule has 2 aromatic rings. The first kappa shape index (κ1) is 18.8. The van der Waals surface area contributed by atoms with Crippen LogP contribution in [0.25, 0.3) is 10.6 Å². The minimum Gasteiger partial charge on any atom is -0.466 e. The van der Waals surface area contributed by atoms with Gasteiger partial charge in [0, 0.05) is 22.3 Å². The van der Waals surface area contributed by atoms with E-state index in [0.717, 1.165) is 10.6 Å². The number of carbonyl (C=O) groups is 2. The summed E-state index contributed by atoms with van der Waals surface area (Å²) in [6, 6.07) is 9.75. The van der Waals surface area contributed by atoms with Gasteiger partial charge in [0.15, 0.2) is 0 Å². The number of benzene rings is 1. The minimum absolute atomic E-state index is 0.355. The molecule has 140 valence electrons. The van der Waals surface area contributed by atoms with E-state index in [4.69, 9.17) is 14.5 Å². The van der Waals surface area contributed by atoms with Crippen molar-refractivity contribution in [3.05, 3.63) is 63.9 Å². The number of thiazole rings is 1. The maximum atomic E-state index is 12.5. The van der Waals surface area contributed by atoms with Gasteiger partial charge >= 0.3 is 11.9 Å². The molecule has 2 heterocycles. The molecule has 0 spiro atoms. The normalized spacial score (nSPS) is 14.8. The van der Waals surface area contributed by atoms with Crippen molar-refractivity contribution in [3.8, 4) is 10.6 Å². The van der Waals surface area contributed by atoms with Crippen molar-refractivity contribution >= 4 is 23.3 Å². The largest absolute Gasteiger partial charge is 0.466 e. The van der Waals surface area contributed by atoms with Gasteiger partial charge in [-0.3, -0.25) is 0 Å². The summed E-state index contributed by atoms with van der Waals surface area (Å²) in [4.78, 5) is 29.7.